The van der Waals surface area contributed by atoms with Crippen molar-refractivity contribution >= 4 is 23.9 Å². The lowest BCUT2D eigenvalue weighted by atomic mass is 9.86. The first-order valence-corrected chi connectivity index (χ1v) is 10.9. The molecule has 2 aliphatic heterocycles. The molecule has 0 spiro atoms. The van der Waals surface area contributed by atoms with Crippen molar-refractivity contribution in [2.24, 2.45) is 0 Å². The summed E-state index contributed by atoms with van der Waals surface area (Å²) in [4.78, 5) is 17.2. The van der Waals surface area contributed by atoms with Crippen molar-refractivity contribution in [3.8, 4) is 0 Å². The van der Waals surface area contributed by atoms with Gasteiger partial charge in [-0.3, -0.25) is 9.69 Å². The Hall–Kier alpha value is -1.91. The van der Waals surface area contributed by atoms with Gasteiger partial charge in [-0.1, -0.05) is 42.5 Å². The van der Waals surface area contributed by atoms with E-state index in [0.717, 1.165) is 13.1 Å². The normalized spacial score (nSPS) is 19.9. The van der Waals surface area contributed by atoms with E-state index in [9.17, 15) is 4.79 Å². The molecule has 2 saturated heterocycles. The summed E-state index contributed by atoms with van der Waals surface area (Å²) in [5, 5.41) is 0. The molecule has 4 rings (SSSR count). The molecule has 0 aliphatic carbocycles. The van der Waals surface area contributed by atoms with Crippen LogP contribution in [0.1, 0.15) is 61.0 Å². The number of Topliss-reactive ketones (excluding diaryl/α,β-unsaturated/α-hetero) is 1. The number of piperidine rings is 1. The average Bonchev–Trinajstić information content (AvgIpc) is 3.29. The van der Waals surface area contributed by atoms with E-state index in [2.05, 4.69) is 41.0 Å². The first-order chi connectivity index (χ1) is 14.0. The maximum Gasteiger partial charge on any atom is 0.166 e. The standard InChI is InChI=1S/C25H31FN2O.ClH/c1-20(21-9-11-23(12-10-21)28-15-5-6-16-28)27-17-13-25(26,14-18-27)19-24(29)22-7-3-2-4-8-22;/h2-4,7-12,20H,5-6,13-19H2,1H3;1H. The molecule has 0 bridgehead atoms. The second kappa shape index (κ2) is 9.93. The van der Waals surface area contributed by atoms with E-state index >= 15 is 4.39 Å². The molecule has 2 aliphatic rings. The third-order valence-electron chi connectivity index (χ3n) is 6.66. The van der Waals surface area contributed by atoms with Crippen LogP contribution in [0.2, 0.25) is 0 Å². The van der Waals surface area contributed by atoms with Gasteiger partial charge in [0.25, 0.3) is 0 Å². The molecule has 0 aromatic heterocycles. The molecule has 1 unspecified atom stereocenters. The highest BCUT2D eigenvalue weighted by atomic mass is 35.5. The van der Waals surface area contributed by atoms with Gasteiger partial charge in [0.1, 0.15) is 5.67 Å². The van der Waals surface area contributed by atoms with E-state index < -0.39 is 5.67 Å². The van der Waals surface area contributed by atoms with Gasteiger partial charge in [0.2, 0.25) is 0 Å². The molecule has 1 atom stereocenters. The molecule has 0 amide bonds. The van der Waals surface area contributed by atoms with Crippen LogP contribution < -0.4 is 4.90 Å². The van der Waals surface area contributed by atoms with Crippen LogP contribution in [0.4, 0.5) is 10.1 Å². The molecular weight excluding hydrogens is 399 g/mol. The zero-order valence-corrected chi connectivity index (χ0v) is 18.5. The van der Waals surface area contributed by atoms with Crippen LogP contribution in [0.15, 0.2) is 54.6 Å². The zero-order chi connectivity index (χ0) is 20.3. The van der Waals surface area contributed by atoms with Crippen molar-refractivity contribution in [2.75, 3.05) is 31.1 Å². The summed E-state index contributed by atoms with van der Waals surface area (Å²) in [7, 11) is 0. The Kier molecular flexibility index (Phi) is 7.54. The third kappa shape index (κ3) is 5.22. The van der Waals surface area contributed by atoms with Gasteiger partial charge in [-0.25, -0.2) is 4.39 Å². The molecule has 162 valence electrons. The Bertz CT molecular complexity index is 813. The SMILES string of the molecule is CC(c1ccc(N2CCCC2)cc1)N1CCC(F)(CC(=O)c2ccccc2)CC1.Cl. The number of hydrogen-bond acceptors (Lipinski definition) is 3. The minimum Gasteiger partial charge on any atom is -0.372 e. The number of carbonyl (C=O) groups excluding carboxylic acids is 1. The number of halogens is 2. The fourth-order valence-electron chi connectivity index (χ4n) is 4.65. The lowest BCUT2D eigenvalue weighted by Crippen LogP contribution is -2.43. The van der Waals surface area contributed by atoms with Gasteiger partial charge in [-0.15, -0.1) is 12.4 Å². The van der Waals surface area contributed by atoms with Crippen molar-refractivity contribution in [1.82, 2.24) is 4.90 Å². The molecule has 3 nitrogen and oxygen atoms in total. The smallest absolute Gasteiger partial charge is 0.166 e. The van der Waals surface area contributed by atoms with Gasteiger partial charge in [-0.2, -0.15) is 0 Å². The zero-order valence-electron chi connectivity index (χ0n) is 17.7. The molecule has 5 heteroatoms. The van der Waals surface area contributed by atoms with Gasteiger partial charge in [-0.05, 0) is 50.3 Å². The summed E-state index contributed by atoms with van der Waals surface area (Å²) in [6.45, 7) is 5.88. The Morgan fingerprint density at radius 3 is 2.17 bits per heavy atom. The number of ketones is 1. The molecule has 2 heterocycles. The number of hydrogen-bond donors (Lipinski definition) is 0. The van der Waals surface area contributed by atoms with E-state index in [1.54, 1.807) is 12.1 Å². The van der Waals surface area contributed by atoms with Crippen LogP contribution in [-0.4, -0.2) is 42.5 Å². The van der Waals surface area contributed by atoms with Crippen LogP contribution >= 0.6 is 12.4 Å². The van der Waals surface area contributed by atoms with Crippen molar-refractivity contribution in [3.05, 3.63) is 65.7 Å². The fourth-order valence-corrected chi connectivity index (χ4v) is 4.65. The highest BCUT2D eigenvalue weighted by Crippen LogP contribution is 2.35. The van der Waals surface area contributed by atoms with Gasteiger partial charge in [0.05, 0.1) is 0 Å². The number of likely N-dealkylation sites (tertiary alicyclic amines) is 1. The quantitative estimate of drug-likeness (QED) is 0.537. The maximum absolute atomic E-state index is 15.3. The van der Waals surface area contributed by atoms with E-state index in [1.165, 1.54) is 24.1 Å². The Morgan fingerprint density at radius 1 is 0.967 bits per heavy atom. The van der Waals surface area contributed by atoms with Crippen LogP contribution in [0.25, 0.3) is 0 Å². The Morgan fingerprint density at radius 2 is 1.57 bits per heavy atom. The Balaban J connectivity index is 0.00000256. The number of rotatable bonds is 6. The maximum atomic E-state index is 15.3. The number of nitrogens with zero attached hydrogens (tertiary/aromatic N) is 2. The van der Waals surface area contributed by atoms with Gasteiger partial charge in [0.15, 0.2) is 5.78 Å². The fraction of sp³-hybridized carbons (Fsp3) is 0.480. The lowest BCUT2D eigenvalue weighted by Gasteiger charge is -2.39. The number of carbonyl (C=O) groups is 1. The van der Waals surface area contributed by atoms with Crippen molar-refractivity contribution in [3.63, 3.8) is 0 Å². The van der Waals surface area contributed by atoms with E-state index in [4.69, 9.17) is 0 Å². The molecule has 2 aromatic carbocycles. The first-order valence-electron chi connectivity index (χ1n) is 10.9. The summed E-state index contributed by atoms with van der Waals surface area (Å²) < 4.78 is 15.3. The second-order valence-corrected chi connectivity index (χ2v) is 8.61. The number of benzene rings is 2. The topological polar surface area (TPSA) is 23.6 Å². The first kappa shape index (κ1) is 22.8. The molecule has 0 N–H and O–H groups in total. The molecule has 2 fully saturated rings. The minimum atomic E-state index is -1.39. The second-order valence-electron chi connectivity index (χ2n) is 8.61. The summed E-state index contributed by atoms with van der Waals surface area (Å²) in [5.74, 6) is -0.0906. The largest absolute Gasteiger partial charge is 0.372 e. The summed E-state index contributed by atoms with van der Waals surface area (Å²) >= 11 is 0. The highest BCUT2D eigenvalue weighted by Gasteiger charge is 2.38. The lowest BCUT2D eigenvalue weighted by molar-refractivity contribution is 0.0339. The van der Waals surface area contributed by atoms with Crippen molar-refractivity contribution < 1.29 is 9.18 Å². The molecular formula is C25H32ClFN2O. The van der Waals surface area contributed by atoms with Crippen LogP contribution in [-0.2, 0) is 0 Å². The molecule has 0 saturated carbocycles. The highest BCUT2D eigenvalue weighted by molar-refractivity contribution is 5.96. The van der Waals surface area contributed by atoms with Gasteiger partial charge in [0, 0.05) is 49.9 Å². The van der Waals surface area contributed by atoms with E-state index in [-0.39, 0.29) is 30.7 Å². The van der Waals surface area contributed by atoms with E-state index in [1.807, 2.05) is 18.2 Å². The monoisotopic (exact) mass is 430 g/mol. The number of anilines is 1. The minimum absolute atomic E-state index is 0. The molecule has 0 radical (unpaired) electrons. The molecule has 30 heavy (non-hydrogen) atoms. The third-order valence-corrected chi connectivity index (χ3v) is 6.66. The predicted octanol–water partition coefficient (Wildman–Crippen LogP) is 5.85. The van der Waals surface area contributed by atoms with Crippen LogP contribution in [0.5, 0.6) is 0 Å². The van der Waals surface area contributed by atoms with Crippen LogP contribution in [0, 0.1) is 0 Å². The number of alkyl halides is 1. The van der Waals surface area contributed by atoms with Gasteiger partial charge < -0.3 is 4.90 Å². The van der Waals surface area contributed by atoms with E-state index in [0.29, 0.717) is 31.5 Å². The summed E-state index contributed by atoms with van der Waals surface area (Å²) in [5.41, 5.74) is 1.81. The Labute approximate surface area is 185 Å². The van der Waals surface area contributed by atoms with Crippen LogP contribution in [0.3, 0.4) is 0 Å². The van der Waals surface area contributed by atoms with Gasteiger partial charge >= 0.3 is 0 Å². The molecule has 2 aromatic rings. The van der Waals surface area contributed by atoms with Crippen molar-refractivity contribution in [1.29, 1.82) is 0 Å². The summed E-state index contributed by atoms with van der Waals surface area (Å²) in [6, 6.07) is 18.2. The average molecular weight is 431 g/mol. The van der Waals surface area contributed by atoms with Crippen molar-refractivity contribution in [2.45, 2.75) is 50.7 Å². The predicted molar refractivity (Wildman–Crippen MR) is 124 cm³/mol. The summed E-state index contributed by atoms with van der Waals surface area (Å²) in [6.07, 6.45) is 3.39.